The van der Waals surface area contributed by atoms with Crippen molar-refractivity contribution in [2.45, 2.75) is 20.4 Å². The SMILES string of the molecule is Cc1nn(Cc2ccccc2Cl)c(C)c1/C=C/C(=O)Nc1nccs1. The molecule has 0 atom stereocenters. The predicted octanol–water partition coefficient (Wildman–Crippen LogP) is 4.31. The van der Waals surface area contributed by atoms with Gasteiger partial charge in [0.05, 0.1) is 12.2 Å². The highest BCUT2D eigenvalue weighted by Crippen LogP contribution is 2.20. The Morgan fingerprint density at radius 1 is 1.36 bits per heavy atom. The van der Waals surface area contributed by atoms with E-state index in [1.54, 1.807) is 12.3 Å². The average molecular weight is 373 g/mol. The lowest BCUT2D eigenvalue weighted by atomic mass is 10.1. The minimum Gasteiger partial charge on any atom is -0.298 e. The van der Waals surface area contributed by atoms with Crippen molar-refractivity contribution in [3.05, 3.63) is 69.5 Å². The molecule has 2 aromatic heterocycles. The van der Waals surface area contributed by atoms with Crippen molar-refractivity contribution in [3.63, 3.8) is 0 Å². The molecule has 0 unspecified atom stereocenters. The first-order chi connectivity index (χ1) is 12.0. The van der Waals surface area contributed by atoms with Gasteiger partial charge in [0, 0.05) is 33.9 Å². The second-order valence-corrected chi connectivity index (χ2v) is 6.80. The van der Waals surface area contributed by atoms with Crippen LogP contribution in [0.3, 0.4) is 0 Å². The van der Waals surface area contributed by atoms with E-state index in [-0.39, 0.29) is 5.91 Å². The van der Waals surface area contributed by atoms with Crippen molar-refractivity contribution in [1.29, 1.82) is 0 Å². The molecule has 5 nitrogen and oxygen atoms in total. The largest absolute Gasteiger partial charge is 0.298 e. The normalized spacial score (nSPS) is 11.2. The molecular weight excluding hydrogens is 356 g/mol. The van der Waals surface area contributed by atoms with E-state index in [0.717, 1.165) is 27.5 Å². The van der Waals surface area contributed by atoms with E-state index in [4.69, 9.17) is 11.6 Å². The van der Waals surface area contributed by atoms with Gasteiger partial charge in [0.1, 0.15) is 0 Å². The summed E-state index contributed by atoms with van der Waals surface area (Å²) in [7, 11) is 0. The third-order valence-corrected chi connectivity index (χ3v) is 4.84. The van der Waals surface area contributed by atoms with Crippen LogP contribution < -0.4 is 5.32 Å². The molecule has 3 aromatic rings. The molecule has 0 saturated heterocycles. The molecule has 0 aliphatic carbocycles. The zero-order valence-electron chi connectivity index (χ0n) is 13.9. The van der Waals surface area contributed by atoms with Gasteiger partial charge < -0.3 is 0 Å². The molecule has 1 N–H and O–H groups in total. The number of carbonyl (C=O) groups excluding carboxylic acids is 1. The number of rotatable bonds is 5. The van der Waals surface area contributed by atoms with Gasteiger partial charge in [0.25, 0.3) is 0 Å². The van der Waals surface area contributed by atoms with E-state index >= 15 is 0 Å². The maximum atomic E-state index is 12.0. The molecule has 0 saturated carbocycles. The number of benzene rings is 1. The van der Waals surface area contributed by atoms with E-state index < -0.39 is 0 Å². The Bertz CT molecular complexity index is 915. The van der Waals surface area contributed by atoms with Crippen molar-refractivity contribution in [1.82, 2.24) is 14.8 Å². The first-order valence-electron chi connectivity index (χ1n) is 7.70. The molecule has 7 heteroatoms. The number of hydrogen-bond acceptors (Lipinski definition) is 4. The van der Waals surface area contributed by atoms with Crippen LogP contribution in [0.25, 0.3) is 6.08 Å². The van der Waals surface area contributed by atoms with Crippen molar-refractivity contribution in [2.75, 3.05) is 5.32 Å². The number of nitrogens with zero attached hydrogens (tertiary/aromatic N) is 3. The van der Waals surface area contributed by atoms with E-state index in [1.807, 2.05) is 48.2 Å². The summed E-state index contributed by atoms with van der Waals surface area (Å²) in [5, 5.41) is 10.4. The third kappa shape index (κ3) is 4.15. The molecule has 0 radical (unpaired) electrons. The summed E-state index contributed by atoms with van der Waals surface area (Å²) in [6.45, 7) is 4.50. The molecular formula is C18H17ClN4OS. The standard InChI is InChI=1S/C18H17ClN4OS/c1-12-15(7-8-17(24)21-18-20-9-10-25-18)13(2)23(22-12)11-14-5-3-4-6-16(14)19/h3-10H,11H2,1-2H3,(H,20,21,24)/b8-7+. The summed E-state index contributed by atoms with van der Waals surface area (Å²) < 4.78 is 1.90. The molecule has 128 valence electrons. The van der Waals surface area contributed by atoms with Crippen LogP contribution in [0.2, 0.25) is 5.02 Å². The van der Waals surface area contributed by atoms with Crippen LogP contribution in [0.4, 0.5) is 5.13 Å². The number of nitrogens with one attached hydrogen (secondary N) is 1. The molecule has 0 bridgehead atoms. The number of thiazole rings is 1. The van der Waals surface area contributed by atoms with Gasteiger partial charge in [0.2, 0.25) is 5.91 Å². The number of aromatic nitrogens is 3. The fourth-order valence-corrected chi connectivity index (χ4v) is 3.21. The number of amides is 1. The van der Waals surface area contributed by atoms with E-state index in [9.17, 15) is 4.79 Å². The second-order valence-electron chi connectivity index (χ2n) is 5.49. The van der Waals surface area contributed by atoms with Crippen molar-refractivity contribution >= 4 is 40.1 Å². The molecule has 1 amide bonds. The minimum absolute atomic E-state index is 0.215. The third-order valence-electron chi connectivity index (χ3n) is 3.78. The Labute approximate surface area is 155 Å². The van der Waals surface area contributed by atoms with Gasteiger partial charge in [-0.05, 0) is 31.6 Å². The summed E-state index contributed by atoms with van der Waals surface area (Å²) in [5.74, 6) is -0.215. The smallest absolute Gasteiger partial charge is 0.250 e. The van der Waals surface area contributed by atoms with Crippen LogP contribution in [0.5, 0.6) is 0 Å². The van der Waals surface area contributed by atoms with E-state index in [0.29, 0.717) is 11.7 Å². The van der Waals surface area contributed by atoms with Gasteiger partial charge in [-0.1, -0.05) is 29.8 Å². The Morgan fingerprint density at radius 2 is 2.16 bits per heavy atom. The lowest BCUT2D eigenvalue weighted by molar-refractivity contribution is -0.111. The Kier molecular flexibility index (Phi) is 5.31. The van der Waals surface area contributed by atoms with Crippen molar-refractivity contribution in [3.8, 4) is 0 Å². The maximum absolute atomic E-state index is 12.0. The lowest BCUT2D eigenvalue weighted by Gasteiger charge is -2.06. The number of carbonyl (C=O) groups is 1. The van der Waals surface area contributed by atoms with Gasteiger partial charge >= 0.3 is 0 Å². The maximum Gasteiger partial charge on any atom is 0.250 e. The predicted molar refractivity (Wildman–Crippen MR) is 102 cm³/mol. The summed E-state index contributed by atoms with van der Waals surface area (Å²) >= 11 is 7.61. The molecule has 0 fully saturated rings. The molecule has 0 aliphatic heterocycles. The lowest BCUT2D eigenvalue weighted by Crippen LogP contribution is -2.07. The monoisotopic (exact) mass is 372 g/mol. The van der Waals surface area contributed by atoms with Gasteiger partial charge in [-0.25, -0.2) is 4.98 Å². The van der Waals surface area contributed by atoms with Crippen LogP contribution >= 0.6 is 22.9 Å². The molecule has 2 heterocycles. The first kappa shape index (κ1) is 17.4. The Morgan fingerprint density at radius 3 is 2.88 bits per heavy atom. The van der Waals surface area contributed by atoms with E-state index in [1.165, 1.54) is 17.4 Å². The summed E-state index contributed by atoms with van der Waals surface area (Å²) in [4.78, 5) is 16.0. The quantitative estimate of drug-likeness (QED) is 0.679. The van der Waals surface area contributed by atoms with Gasteiger partial charge in [-0.2, -0.15) is 5.10 Å². The molecule has 1 aromatic carbocycles. The fourth-order valence-electron chi connectivity index (χ4n) is 2.49. The molecule has 3 rings (SSSR count). The number of halogens is 1. The van der Waals surface area contributed by atoms with Crippen LogP contribution in [0, 0.1) is 13.8 Å². The highest BCUT2D eigenvalue weighted by atomic mass is 35.5. The topological polar surface area (TPSA) is 59.8 Å². The van der Waals surface area contributed by atoms with Gasteiger partial charge in [0.15, 0.2) is 5.13 Å². The van der Waals surface area contributed by atoms with Crippen LogP contribution in [0.15, 0.2) is 41.9 Å². The summed E-state index contributed by atoms with van der Waals surface area (Å²) in [5.41, 5.74) is 3.78. The van der Waals surface area contributed by atoms with Crippen LogP contribution in [-0.2, 0) is 11.3 Å². The van der Waals surface area contributed by atoms with Crippen LogP contribution in [0.1, 0.15) is 22.5 Å². The zero-order chi connectivity index (χ0) is 17.8. The first-order valence-corrected chi connectivity index (χ1v) is 8.96. The van der Waals surface area contributed by atoms with Gasteiger partial charge in [-0.15, -0.1) is 11.3 Å². The Hall–Kier alpha value is -2.44. The van der Waals surface area contributed by atoms with Gasteiger partial charge in [-0.3, -0.25) is 14.8 Å². The number of aryl methyl sites for hydroxylation is 1. The fraction of sp³-hybridized carbons (Fsp3) is 0.167. The Balaban J connectivity index is 1.76. The summed E-state index contributed by atoms with van der Waals surface area (Å²) in [6.07, 6.45) is 4.93. The summed E-state index contributed by atoms with van der Waals surface area (Å²) in [6, 6.07) is 7.71. The number of anilines is 1. The van der Waals surface area contributed by atoms with Crippen molar-refractivity contribution < 1.29 is 4.79 Å². The highest BCUT2D eigenvalue weighted by Gasteiger charge is 2.11. The van der Waals surface area contributed by atoms with Crippen LogP contribution in [-0.4, -0.2) is 20.7 Å². The number of hydrogen-bond donors (Lipinski definition) is 1. The highest BCUT2D eigenvalue weighted by molar-refractivity contribution is 7.13. The zero-order valence-corrected chi connectivity index (χ0v) is 15.4. The molecule has 0 spiro atoms. The average Bonchev–Trinajstić information content (AvgIpc) is 3.17. The molecule has 25 heavy (non-hydrogen) atoms. The van der Waals surface area contributed by atoms with Crippen molar-refractivity contribution in [2.24, 2.45) is 0 Å². The minimum atomic E-state index is -0.215. The molecule has 0 aliphatic rings. The van der Waals surface area contributed by atoms with E-state index in [2.05, 4.69) is 15.4 Å². The second kappa shape index (κ2) is 7.63.